The fourth-order valence-corrected chi connectivity index (χ4v) is 2.90. The van der Waals surface area contributed by atoms with E-state index >= 15 is 0 Å². The lowest BCUT2D eigenvalue weighted by Crippen LogP contribution is -2.32. The predicted molar refractivity (Wildman–Crippen MR) is 139 cm³/mol. The minimum atomic E-state index is -1.10. The smallest absolute Gasteiger partial charge is 0.320 e. The number of carboxylic acids is 2. The van der Waals surface area contributed by atoms with Crippen molar-refractivity contribution in [2.75, 3.05) is 6.54 Å². The molecule has 0 aromatic heterocycles. The molecule has 206 valence electrons. The van der Waals surface area contributed by atoms with Crippen LogP contribution in [0.1, 0.15) is 16.7 Å². The summed E-state index contributed by atoms with van der Waals surface area (Å²) in [5.74, 6) is -2.65. The second kappa shape index (κ2) is 15.6. The molecule has 0 amide bonds. The molecule has 0 aliphatic carbocycles. The van der Waals surface area contributed by atoms with Crippen LogP contribution in [0.5, 0.6) is 28.7 Å². The van der Waals surface area contributed by atoms with Gasteiger partial charge in [0.05, 0.1) is 0 Å². The number of hydrogen-bond donors (Lipinski definition) is 10. The van der Waals surface area contributed by atoms with E-state index in [0.29, 0.717) is 18.5 Å². The molecule has 2 atom stereocenters. The number of benzene rings is 3. The summed E-state index contributed by atoms with van der Waals surface area (Å²) in [6, 6.07) is 13.2. The van der Waals surface area contributed by atoms with E-state index in [2.05, 4.69) is 0 Å². The van der Waals surface area contributed by atoms with Crippen molar-refractivity contribution in [1.29, 1.82) is 0 Å². The minimum absolute atomic E-state index is 0.0871. The first kappa shape index (κ1) is 31.5. The molecule has 38 heavy (non-hydrogen) atoms. The lowest BCUT2D eigenvalue weighted by molar-refractivity contribution is -0.139. The maximum atomic E-state index is 10.4. The maximum absolute atomic E-state index is 10.4. The summed E-state index contributed by atoms with van der Waals surface area (Å²) >= 11 is 0. The van der Waals surface area contributed by atoms with Gasteiger partial charge in [0.15, 0.2) is 23.0 Å². The fraction of sp³-hybridized carbons (Fsp3) is 0.231. The van der Waals surface area contributed by atoms with Gasteiger partial charge in [-0.1, -0.05) is 24.3 Å². The molecule has 0 aliphatic heterocycles. The Morgan fingerprint density at radius 2 is 1.00 bits per heavy atom. The average molecular weight is 532 g/mol. The van der Waals surface area contributed by atoms with Gasteiger partial charge in [-0.25, -0.2) is 0 Å². The van der Waals surface area contributed by atoms with Crippen LogP contribution in [-0.4, -0.2) is 66.3 Å². The second-order valence-corrected chi connectivity index (χ2v) is 8.15. The number of carboxylic acid groups (broad SMARTS) is 2. The van der Waals surface area contributed by atoms with Gasteiger partial charge in [0.2, 0.25) is 0 Å². The zero-order valence-electron chi connectivity index (χ0n) is 20.4. The standard InChI is InChI=1S/C9H11NO4.C9H11NO3.C8H11NO2/c10-6(9(13)14)3-5-1-2-7(11)8(12)4-5;10-8(9(12)13)5-6-1-3-7(11)4-2-6;9-4-3-6-1-2-7(10)8(11)5-6/h1-2,4,6,11-12H,3,10H2,(H,13,14);1-4,8,11H,5,10H2,(H,12,13);1-2,5,10-11H,3-4,9H2. The van der Waals surface area contributed by atoms with Crippen LogP contribution in [0.25, 0.3) is 0 Å². The van der Waals surface area contributed by atoms with Gasteiger partial charge >= 0.3 is 11.9 Å². The number of phenolic OH excluding ortho intramolecular Hbond substituents is 5. The summed E-state index contributed by atoms with van der Waals surface area (Å²) < 4.78 is 0. The van der Waals surface area contributed by atoms with E-state index in [1.165, 1.54) is 42.5 Å². The van der Waals surface area contributed by atoms with E-state index in [1.54, 1.807) is 18.2 Å². The summed E-state index contributed by atoms with van der Waals surface area (Å²) in [6.07, 6.45) is 1.10. The first-order valence-corrected chi connectivity index (χ1v) is 11.3. The van der Waals surface area contributed by atoms with E-state index in [4.69, 9.17) is 52.9 Å². The van der Waals surface area contributed by atoms with Gasteiger partial charge < -0.3 is 52.9 Å². The monoisotopic (exact) mass is 531 g/mol. The molecule has 0 aliphatic rings. The zero-order valence-corrected chi connectivity index (χ0v) is 20.4. The fourth-order valence-electron chi connectivity index (χ4n) is 2.90. The number of aromatic hydroxyl groups is 5. The van der Waals surface area contributed by atoms with E-state index in [1.807, 2.05) is 0 Å². The topological polar surface area (TPSA) is 254 Å². The van der Waals surface area contributed by atoms with Crippen molar-refractivity contribution < 1.29 is 45.3 Å². The molecule has 2 unspecified atom stereocenters. The summed E-state index contributed by atoms with van der Waals surface area (Å²) in [7, 11) is 0. The third kappa shape index (κ3) is 11.5. The van der Waals surface area contributed by atoms with Crippen molar-refractivity contribution in [3.05, 3.63) is 77.4 Å². The third-order valence-corrected chi connectivity index (χ3v) is 4.99. The number of carbonyl (C=O) groups is 2. The number of phenols is 5. The summed E-state index contributed by atoms with van der Waals surface area (Å²) in [6.45, 7) is 0.546. The number of nitrogens with two attached hydrogens (primary N) is 3. The summed E-state index contributed by atoms with van der Waals surface area (Å²) in [4.78, 5) is 20.8. The molecular weight excluding hydrogens is 498 g/mol. The van der Waals surface area contributed by atoms with E-state index in [9.17, 15) is 9.59 Å². The molecular formula is C26H33N3O9. The van der Waals surface area contributed by atoms with Gasteiger partial charge in [0.1, 0.15) is 17.8 Å². The Morgan fingerprint density at radius 3 is 1.42 bits per heavy atom. The highest BCUT2D eigenvalue weighted by Crippen LogP contribution is 2.25. The van der Waals surface area contributed by atoms with Gasteiger partial charge in [-0.05, 0) is 78.9 Å². The normalized spacial score (nSPS) is 11.7. The van der Waals surface area contributed by atoms with Crippen LogP contribution in [0.2, 0.25) is 0 Å². The molecule has 3 aromatic carbocycles. The zero-order chi connectivity index (χ0) is 28.8. The second-order valence-electron chi connectivity index (χ2n) is 8.15. The number of rotatable bonds is 8. The highest BCUT2D eigenvalue weighted by molar-refractivity contribution is 5.74. The Bertz CT molecular complexity index is 1190. The molecule has 0 spiro atoms. The van der Waals surface area contributed by atoms with Crippen molar-refractivity contribution in [3.63, 3.8) is 0 Å². The van der Waals surface area contributed by atoms with Crippen molar-refractivity contribution in [2.24, 2.45) is 17.2 Å². The maximum Gasteiger partial charge on any atom is 0.320 e. The highest BCUT2D eigenvalue weighted by atomic mass is 16.4. The van der Waals surface area contributed by atoms with Crippen molar-refractivity contribution in [3.8, 4) is 28.7 Å². The summed E-state index contributed by atoms with van der Waals surface area (Å²) in [5.41, 5.74) is 18.2. The van der Waals surface area contributed by atoms with Crippen LogP contribution in [0.3, 0.4) is 0 Å². The van der Waals surface area contributed by atoms with Crippen LogP contribution < -0.4 is 17.2 Å². The van der Waals surface area contributed by atoms with Crippen molar-refractivity contribution in [2.45, 2.75) is 31.3 Å². The highest BCUT2D eigenvalue weighted by Gasteiger charge is 2.13. The van der Waals surface area contributed by atoms with Gasteiger partial charge in [-0.15, -0.1) is 0 Å². The Morgan fingerprint density at radius 1 is 0.605 bits per heavy atom. The summed E-state index contributed by atoms with van der Waals surface area (Å²) in [5, 5.41) is 62.1. The molecule has 3 aromatic rings. The van der Waals surface area contributed by atoms with Gasteiger partial charge in [-0.2, -0.15) is 0 Å². The van der Waals surface area contributed by atoms with E-state index in [0.717, 1.165) is 11.1 Å². The van der Waals surface area contributed by atoms with Crippen LogP contribution in [-0.2, 0) is 28.9 Å². The predicted octanol–water partition coefficient (Wildman–Crippen LogP) is 0.998. The quantitative estimate of drug-likeness (QED) is 0.183. The number of hydrogen-bond acceptors (Lipinski definition) is 10. The molecule has 0 bridgehead atoms. The molecule has 0 heterocycles. The first-order valence-electron chi connectivity index (χ1n) is 11.3. The molecule has 0 fully saturated rings. The first-order chi connectivity index (χ1) is 17.8. The number of aliphatic carboxylic acids is 2. The molecule has 0 saturated carbocycles. The molecule has 13 N–H and O–H groups in total. The van der Waals surface area contributed by atoms with E-state index in [-0.39, 0.29) is 41.6 Å². The molecule has 12 nitrogen and oxygen atoms in total. The van der Waals surface area contributed by atoms with Gasteiger partial charge in [0, 0.05) is 0 Å². The van der Waals surface area contributed by atoms with Crippen LogP contribution in [0.15, 0.2) is 60.7 Å². The molecule has 0 saturated heterocycles. The third-order valence-electron chi connectivity index (χ3n) is 4.99. The van der Waals surface area contributed by atoms with E-state index < -0.39 is 24.0 Å². The minimum Gasteiger partial charge on any atom is -0.508 e. The largest absolute Gasteiger partial charge is 0.508 e. The molecule has 3 rings (SSSR count). The van der Waals surface area contributed by atoms with Crippen molar-refractivity contribution >= 4 is 11.9 Å². The molecule has 12 heteroatoms. The van der Waals surface area contributed by atoms with Gasteiger partial charge in [-0.3, -0.25) is 9.59 Å². The Kier molecular flexibility index (Phi) is 12.9. The van der Waals surface area contributed by atoms with Crippen LogP contribution in [0, 0.1) is 0 Å². The van der Waals surface area contributed by atoms with Gasteiger partial charge in [0.25, 0.3) is 0 Å². The molecule has 0 radical (unpaired) electrons. The SMILES string of the molecule is NC(Cc1ccc(O)c(O)c1)C(=O)O.NC(Cc1ccc(O)cc1)C(=O)O.NCCc1ccc(O)c(O)c1. The lowest BCUT2D eigenvalue weighted by Gasteiger charge is -2.06. The lowest BCUT2D eigenvalue weighted by atomic mass is 10.1. The average Bonchev–Trinajstić information content (AvgIpc) is 2.86. The van der Waals surface area contributed by atoms with Crippen LogP contribution >= 0.6 is 0 Å². The Labute approximate surface area is 218 Å². The Hall–Kier alpha value is -4.52. The van der Waals surface area contributed by atoms with Crippen LogP contribution in [0.4, 0.5) is 0 Å². The Balaban J connectivity index is 0.000000287. The van der Waals surface area contributed by atoms with Crippen molar-refractivity contribution in [1.82, 2.24) is 0 Å².